The molecule has 3 nitrogen and oxygen atoms in total. The fourth-order valence-electron chi connectivity index (χ4n) is 3.71. The Bertz CT molecular complexity index is 466. The minimum Gasteiger partial charge on any atom is -0.300 e. The zero-order chi connectivity index (χ0) is 12.9. The molecule has 1 aromatic rings. The number of Topliss-reactive ketones (excluding diaryl/α,β-unsaturated/α-hetero) is 1. The van der Waals surface area contributed by atoms with E-state index in [-0.39, 0.29) is 0 Å². The molecule has 0 spiro atoms. The second kappa shape index (κ2) is 4.42. The Balaban J connectivity index is 1.87. The van der Waals surface area contributed by atoms with E-state index in [2.05, 4.69) is 30.7 Å². The fourth-order valence-corrected chi connectivity index (χ4v) is 4.69. The van der Waals surface area contributed by atoms with E-state index in [0.29, 0.717) is 23.9 Å². The number of hydrogen-bond donors (Lipinski definition) is 0. The lowest BCUT2D eigenvalue weighted by Crippen LogP contribution is -2.44. The molecule has 2 aliphatic heterocycles. The van der Waals surface area contributed by atoms with Crippen LogP contribution in [-0.4, -0.2) is 27.8 Å². The molecular formula is C14H20N2OS. The Morgan fingerprint density at radius 2 is 1.89 bits per heavy atom. The molecule has 2 fully saturated rings. The first-order chi connectivity index (χ1) is 8.56. The van der Waals surface area contributed by atoms with Crippen molar-refractivity contribution in [1.29, 1.82) is 0 Å². The van der Waals surface area contributed by atoms with E-state index in [1.54, 1.807) is 0 Å². The highest BCUT2D eigenvalue weighted by Crippen LogP contribution is 2.42. The number of carbonyl (C=O) groups is 1. The van der Waals surface area contributed by atoms with Crippen molar-refractivity contribution in [2.24, 2.45) is 0 Å². The molecule has 18 heavy (non-hydrogen) atoms. The van der Waals surface area contributed by atoms with E-state index in [4.69, 9.17) is 0 Å². The van der Waals surface area contributed by atoms with Crippen molar-refractivity contribution in [3.63, 3.8) is 0 Å². The minimum absolute atomic E-state index is 0.418. The predicted molar refractivity (Wildman–Crippen MR) is 72.9 cm³/mol. The van der Waals surface area contributed by atoms with Crippen molar-refractivity contribution in [3.8, 4) is 0 Å². The lowest BCUT2D eigenvalue weighted by molar-refractivity contribution is -0.124. The Labute approximate surface area is 112 Å². The zero-order valence-electron chi connectivity index (χ0n) is 11.3. The summed E-state index contributed by atoms with van der Waals surface area (Å²) in [6, 6.07) is 1.38. The van der Waals surface area contributed by atoms with E-state index in [1.165, 1.54) is 23.4 Å². The van der Waals surface area contributed by atoms with Gasteiger partial charge in [-0.05, 0) is 33.6 Å². The van der Waals surface area contributed by atoms with Crippen LogP contribution >= 0.6 is 11.3 Å². The highest BCUT2D eigenvalue weighted by molar-refractivity contribution is 7.11. The van der Waals surface area contributed by atoms with E-state index < -0.39 is 0 Å². The second-order valence-electron chi connectivity index (χ2n) is 5.64. The van der Waals surface area contributed by atoms with Gasteiger partial charge in [0.25, 0.3) is 0 Å². The van der Waals surface area contributed by atoms with E-state index in [0.717, 1.165) is 17.8 Å². The number of aryl methyl sites for hydroxylation is 2. The Morgan fingerprint density at radius 1 is 1.28 bits per heavy atom. The quantitative estimate of drug-likeness (QED) is 0.823. The molecule has 0 N–H and O–H groups in total. The van der Waals surface area contributed by atoms with Crippen molar-refractivity contribution < 1.29 is 4.79 Å². The maximum absolute atomic E-state index is 11.7. The average Bonchev–Trinajstić information content (AvgIpc) is 2.76. The highest BCUT2D eigenvalue weighted by Gasteiger charge is 2.43. The van der Waals surface area contributed by atoms with Gasteiger partial charge < -0.3 is 0 Å². The average molecular weight is 264 g/mol. The third-order valence-corrected chi connectivity index (χ3v) is 5.61. The number of hydrogen-bond acceptors (Lipinski definition) is 4. The van der Waals surface area contributed by atoms with Gasteiger partial charge in [-0.2, -0.15) is 0 Å². The molecule has 0 radical (unpaired) electrons. The molecule has 3 rings (SSSR count). The lowest BCUT2D eigenvalue weighted by atomic mass is 9.98. The molecule has 0 aliphatic carbocycles. The molecule has 2 bridgehead atoms. The SMILES string of the molecule is Cc1nc(C)c(C(C)N2C3CCC2CC(=O)C3)s1. The topological polar surface area (TPSA) is 33.2 Å². The molecule has 0 aromatic carbocycles. The molecule has 2 aliphatic rings. The van der Waals surface area contributed by atoms with Gasteiger partial charge in [0.15, 0.2) is 0 Å². The van der Waals surface area contributed by atoms with Crippen LogP contribution in [0.15, 0.2) is 0 Å². The van der Waals surface area contributed by atoms with Crippen molar-refractivity contribution in [3.05, 3.63) is 15.6 Å². The summed E-state index contributed by atoms with van der Waals surface area (Å²) in [6.45, 7) is 6.45. The second-order valence-corrected chi connectivity index (χ2v) is 6.87. The number of rotatable bonds is 2. The monoisotopic (exact) mass is 264 g/mol. The number of carbonyl (C=O) groups excluding carboxylic acids is 1. The summed E-state index contributed by atoms with van der Waals surface area (Å²) in [5, 5.41) is 1.15. The van der Waals surface area contributed by atoms with E-state index in [1.807, 2.05) is 11.3 Å². The van der Waals surface area contributed by atoms with Gasteiger partial charge in [0.2, 0.25) is 0 Å². The van der Waals surface area contributed by atoms with Gasteiger partial charge in [-0.1, -0.05) is 0 Å². The van der Waals surface area contributed by atoms with Gasteiger partial charge in [0.05, 0.1) is 10.7 Å². The largest absolute Gasteiger partial charge is 0.300 e. The van der Waals surface area contributed by atoms with Crippen LogP contribution in [0.3, 0.4) is 0 Å². The summed E-state index contributed by atoms with van der Waals surface area (Å²) in [6.07, 6.45) is 3.91. The molecular weight excluding hydrogens is 244 g/mol. The molecule has 3 heterocycles. The summed E-state index contributed by atoms with van der Waals surface area (Å²) in [5.41, 5.74) is 1.17. The highest BCUT2D eigenvalue weighted by atomic mass is 32.1. The molecule has 1 aromatic heterocycles. The normalized spacial score (nSPS) is 29.8. The van der Waals surface area contributed by atoms with Crippen molar-refractivity contribution in [2.75, 3.05) is 0 Å². The van der Waals surface area contributed by atoms with Gasteiger partial charge in [-0.15, -0.1) is 11.3 Å². The number of fused-ring (bicyclic) bond motifs is 2. The Kier molecular flexibility index (Phi) is 3.02. The minimum atomic E-state index is 0.418. The summed E-state index contributed by atoms with van der Waals surface area (Å²) >= 11 is 1.81. The summed E-state index contributed by atoms with van der Waals surface area (Å²) < 4.78 is 0. The molecule has 0 amide bonds. The molecule has 0 saturated carbocycles. The third kappa shape index (κ3) is 1.91. The molecule has 3 atom stereocenters. The van der Waals surface area contributed by atoms with Crippen LogP contribution in [0.2, 0.25) is 0 Å². The number of aromatic nitrogens is 1. The van der Waals surface area contributed by atoms with Crippen molar-refractivity contribution in [1.82, 2.24) is 9.88 Å². The Morgan fingerprint density at radius 3 is 2.39 bits per heavy atom. The molecule has 2 saturated heterocycles. The first-order valence-electron chi connectivity index (χ1n) is 6.79. The van der Waals surface area contributed by atoms with Crippen LogP contribution in [0.4, 0.5) is 0 Å². The van der Waals surface area contributed by atoms with E-state index >= 15 is 0 Å². The van der Waals surface area contributed by atoms with Crippen LogP contribution in [-0.2, 0) is 4.79 Å². The molecule has 3 unspecified atom stereocenters. The number of ketones is 1. The van der Waals surface area contributed by atoms with Crippen LogP contribution in [0.1, 0.15) is 54.2 Å². The zero-order valence-corrected chi connectivity index (χ0v) is 12.1. The van der Waals surface area contributed by atoms with E-state index in [9.17, 15) is 4.79 Å². The first kappa shape index (κ1) is 12.3. The fraction of sp³-hybridized carbons (Fsp3) is 0.714. The standard InChI is InChI=1S/C14H20N2OS/c1-8-14(18-10(3)15-8)9(2)16-11-4-5-12(16)7-13(17)6-11/h9,11-12H,4-7H2,1-3H3. The number of piperidine rings is 1. The van der Waals surface area contributed by atoms with Crippen LogP contribution in [0, 0.1) is 13.8 Å². The summed E-state index contributed by atoms with van der Waals surface area (Å²) in [4.78, 5) is 20.2. The maximum Gasteiger partial charge on any atom is 0.136 e. The van der Waals surface area contributed by atoms with Crippen LogP contribution in [0.5, 0.6) is 0 Å². The number of nitrogens with zero attached hydrogens (tertiary/aromatic N) is 2. The van der Waals surface area contributed by atoms with Crippen LogP contribution < -0.4 is 0 Å². The molecule has 98 valence electrons. The Hall–Kier alpha value is -0.740. The first-order valence-corrected chi connectivity index (χ1v) is 7.61. The van der Waals surface area contributed by atoms with Gasteiger partial charge in [-0.25, -0.2) is 4.98 Å². The van der Waals surface area contributed by atoms with Gasteiger partial charge in [0.1, 0.15) is 5.78 Å². The van der Waals surface area contributed by atoms with Crippen molar-refractivity contribution >= 4 is 17.1 Å². The van der Waals surface area contributed by atoms with Crippen LogP contribution in [0.25, 0.3) is 0 Å². The summed E-state index contributed by atoms with van der Waals surface area (Å²) in [7, 11) is 0. The molecule has 4 heteroatoms. The number of thiazole rings is 1. The van der Waals surface area contributed by atoms with Gasteiger partial charge in [0, 0.05) is 35.8 Å². The lowest BCUT2D eigenvalue weighted by Gasteiger charge is -2.38. The maximum atomic E-state index is 11.7. The van der Waals surface area contributed by atoms with Gasteiger partial charge >= 0.3 is 0 Å². The van der Waals surface area contributed by atoms with Crippen molar-refractivity contribution in [2.45, 2.75) is 64.6 Å². The smallest absolute Gasteiger partial charge is 0.136 e. The predicted octanol–water partition coefficient (Wildman–Crippen LogP) is 3.02. The summed E-state index contributed by atoms with van der Waals surface area (Å²) in [5.74, 6) is 0.461. The van der Waals surface area contributed by atoms with Gasteiger partial charge in [-0.3, -0.25) is 9.69 Å². The third-order valence-electron chi connectivity index (χ3n) is 4.37.